The van der Waals surface area contributed by atoms with Crippen LogP contribution in [0.5, 0.6) is 0 Å². The third-order valence-corrected chi connectivity index (χ3v) is 3.53. The molecule has 1 aromatic rings. The molecular weight excluding hydrogens is 261 g/mol. The van der Waals surface area contributed by atoms with Gasteiger partial charge in [-0.2, -0.15) is 0 Å². The third-order valence-electron chi connectivity index (χ3n) is 3.53. The van der Waals surface area contributed by atoms with Gasteiger partial charge in [0.15, 0.2) is 6.10 Å². The summed E-state index contributed by atoms with van der Waals surface area (Å²) < 4.78 is 18.2. The lowest BCUT2D eigenvalue weighted by Crippen LogP contribution is -2.35. The van der Waals surface area contributed by atoms with E-state index in [0.29, 0.717) is 13.0 Å². The van der Waals surface area contributed by atoms with Crippen LogP contribution in [0.1, 0.15) is 25.3 Å². The lowest BCUT2D eigenvalue weighted by Gasteiger charge is -2.17. The van der Waals surface area contributed by atoms with E-state index < -0.39 is 12.1 Å². The highest BCUT2D eigenvalue weighted by Gasteiger charge is 2.30. The van der Waals surface area contributed by atoms with E-state index in [1.807, 2.05) is 6.92 Å². The minimum absolute atomic E-state index is 0.0354. The molecule has 3 atom stereocenters. The van der Waals surface area contributed by atoms with Crippen LogP contribution in [0.4, 0.5) is 4.39 Å². The molecule has 0 aliphatic carbocycles. The van der Waals surface area contributed by atoms with Crippen LogP contribution in [0.3, 0.4) is 0 Å². The second kappa shape index (κ2) is 6.81. The number of hydrogen-bond donors (Lipinski definition) is 2. The molecule has 110 valence electrons. The van der Waals surface area contributed by atoms with Gasteiger partial charge in [-0.25, -0.2) is 9.18 Å². The number of hydrogen-bond acceptors (Lipinski definition) is 3. The lowest BCUT2D eigenvalue weighted by atomic mass is 10.1. The number of rotatable bonds is 6. The molecule has 1 aliphatic heterocycles. The lowest BCUT2D eigenvalue weighted by molar-refractivity contribution is -0.149. The molecule has 2 rings (SSSR count). The fourth-order valence-electron chi connectivity index (χ4n) is 2.42. The Morgan fingerprint density at radius 1 is 1.45 bits per heavy atom. The maximum atomic E-state index is 12.8. The summed E-state index contributed by atoms with van der Waals surface area (Å²) in [6.45, 7) is 2.69. The fourth-order valence-corrected chi connectivity index (χ4v) is 2.42. The summed E-state index contributed by atoms with van der Waals surface area (Å²) in [5, 5.41) is 12.2. The smallest absolute Gasteiger partial charge is 0.332 e. The number of nitrogens with one attached hydrogen (secondary N) is 1. The van der Waals surface area contributed by atoms with Gasteiger partial charge in [-0.3, -0.25) is 0 Å². The van der Waals surface area contributed by atoms with E-state index in [0.717, 1.165) is 18.4 Å². The Morgan fingerprint density at radius 3 is 2.75 bits per heavy atom. The maximum Gasteiger partial charge on any atom is 0.332 e. The van der Waals surface area contributed by atoms with Crippen molar-refractivity contribution < 1.29 is 19.0 Å². The minimum Gasteiger partial charge on any atom is -0.479 e. The maximum absolute atomic E-state index is 12.8. The molecule has 0 spiro atoms. The number of carboxylic acids is 1. The van der Waals surface area contributed by atoms with Crippen LogP contribution in [-0.2, 0) is 16.0 Å². The van der Waals surface area contributed by atoms with E-state index in [9.17, 15) is 9.18 Å². The van der Waals surface area contributed by atoms with Gasteiger partial charge in [0.25, 0.3) is 0 Å². The highest BCUT2D eigenvalue weighted by molar-refractivity contribution is 5.72. The van der Waals surface area contributed by atoms with Crippen LogP contribution in [0.25, 0.3) is 0 Å². The molecule has 1 aliphatic rings. The van der Waals surface area contributed by atoms with Gasteiger partial charge < -0.3 is 15.2 Å². The Labute approximate surface area is 117 Å². The largest absolute Gasteiger partial charge is 0.479 e. The first-order valence-electron chi connectivity index (χ1n) is 6.90. The number of halogens is 1. The molecule has 0 bridgehead atoms. The monoisotopic (exact) mass is 281 g/mol. The first kappa shape index (κ1) is 14.9. The van der Waals surface area contributed by atoms with Gasteiger partial charge in [0.2, 0.25) is 0 Å². The van der Waals surface area contributed by atoms with Crippen LogP contribution >= 0.6 is 0 Å². The van der Waals surface area contributed by atoms with E-state index in [2.05, 4.69) is 5.32 Å². The van der Waals surface area contributed by atoms with Crippen molar-refractivity contribution in [3.05, 3.63) is 35.6 Å². The summed E-state index contributed by atoms with van der Waals surface area (Å²) in [6, 6.07) is 6.70. The first-order chi connectivity index (χ1) is 9.54. The molecule has 1 heterocycles. The van der Waals surface area contributed by atoms with Crippen LogP contribution in [0.2, 0.25) is 0 Å². The highest BCUT2D eigenvalue weighted by Crippen LogP contribution is 2.19. The number of aliphatic carboxylic acids is 1. The summed E-state index contributed by atoms with van der Waals surface area (Å²) in [5.41, 5.74) is 1.07. The van der Waals surface area contributed by atoms with E-state index in [1.165, 1.54) is 12.1 Å². The molecule has 2 N–H and O–H groups in total. The van der Waals surface area contributed by atoms with Crippen LogP contribution < -0.4 is 5.32 Å². The second-order valence-electron chi connectivity index (χ2n) is 5.30. The van der Waals surface area contributed by atoms with Crippen molar-refractivity contribution in [3.63, 3.8) is 0 Å². The number of ether oxygens (including phenoxy) is 1. The van der Waals surface area contributed by atoms with Crippen LogP contribution in [-0.4, -0.2) is 35.9 Å². The van der Waals surface area contributed by atoms with Crippen molar-refractivity contribution in [2.45, 2.75) is 44.4 Å². The van der Waals surface area contributed by atoms with Gasteiger partial charge >= 0.3 is 5.97 Å². The molecule has 1 aromatic carbocycles. The molecule has 3 unspecified atom stereocenters. The molecule has 1 saturated heterocycles. The predicted molar refractivity (Wildman–Crippen MR) is 73.1 cm³/mol. The zero-order chi connectivity index (χ0) is 14.5. The van der Waals surface area contributed by atoms with Crippen molar-refractivity contribution in [2.24, 2.45) is 0 Å². The quantitative estimate of drug-likeness (QED) is 0.837. The SMILES string of the molecule is CC(Cc1ccc(F)cc1)NCC1CCC(C(=O)O)O1. The molecule has 20 heavy (non-hydrogen) atoms. The number of benzene rings is 1. The fraction of sp³-hybridized carbons (Fsp3) is 0.533. The molecular formula is C15H20FNO3. The van der Waals surface area contributed by atoms with Gasteiger partial charge in [-0.1, -0.05) is 12.1 Å². The summed E-state index contributed by atoms with van der Waals surface area (Å²) >= 11 is 0. The Hall–Kier alpha value is -1.46. The molecule has 1 fully saturated rings. The Balaban J connectivity index is 1.71. The topological polar surface area (TPSA) is 58.6 Å². The van der Waals surface area contributed by atoms with E-state index in [-0.39, 0.29) is 18.0 Å². The summed E-state index contributed by atoms with van der Waals surface area (Å²) in [7, 11) is 0. The van der Waals surface area contributed by atoms with E-state index in [1.54, 1.807) is 12.1 Å². The van der Waals surface area contributed by atoms with Crippen LogP contribution in [0, 0.1) is 5.82 Å². The summed E-state index contributed by atoms with van der Waals surface area (Å²) in [4.78, 5) is 10.8. The molecule has 0 amide bonds. The number of carbonyl (C=O) groups is 1. The van der Waals surface area contributed by atoms with E-state index in [4.69, 9.17) is 9.84 Å². The van der Waals surface area contributed by atoms with Gasteiger partial charge in [-0.15, -0.1) is 0 Å². The van der Waals surface area contributed by atoms with Gasteiger partial charge in [0.1, 0.15) is 5.82 Å². The van der Waals surface area contributed by atoms with Crippen molar-refractivity contribution in [1.82, 2.24) is 5.32 Å². The summed E-state index contributed by atoms with van der Waals surface area (Å²) in [5.74, 6) is -1.11. The first-order valence-corrected chi connectivity index (χ1v) is 6.90. The van der Waals surface area contributed by atoms with Crippen molar-refractivity contribution in [2.75, 3.05) is 6.54 Å². The summed E-state index contributed by atoms with van der Waals surface area (Å²) in [6.07, 6.45) is 1.46. The molecule has 4 nitrogen and oxygen atoms in total. The van der Waals surface area contributed by atoms with Gasteiger partial charge in [-0.05, 0) is 43.9 Å². The minimum atomic E-state index is -0.883. The van der Waals surface area contributed by atoms with Crippen molar-refractivity contribution >= 4 is 5.97 Å². The van der Waals surface area contributed by atoms with Gasteiger partial charge in [0, 0.05) is 12.6 Å². The van der Waals surface area contributed by atoms with Crippen molar-refractivity contribution in [3.8, 4) is 0 Å². The average molecular weight is 281 g/mol. The Bertz CT molecular complexity index is 449. The predicted octanol–water partition coefficient (Wildman–Crippen LogP) is 1.98. The van der Waals surface area contributed by atoms with E-state index >= 15 is 0 Å². The normalized spacial score (nSPS) is 23.7. The molecule has 5 heteroatoms. The third kappa shape index (κ3) is 4.28. The highest BCUT2D eigenvalue weighted by atomic mass is 19.1. The van der Waals surface area contributed by atoms with Gasteiger partial charge in [0.05, 0.1) is 6.10 Å². The average Bonchev–Trinajstić information content (AvgIpc) is 2.88. The zero-order valence-electron chi connectivity index (χ0n) is 11.5. The zero-order valence-corrected chi connectivity index (χ0v) is 11.5. The molecule has 0 aromatic heterocycles. The van der Waals surface area contributed by atoms with Crippen LogP contribution in [0.15, 0.2) is 24.3 Å². The standard InChI is InChI=1S/C15H20FNO3/c1-10(8-11-2-4-12(16)5-3-11)17-9-13-6-7-14(20-13)15(18)19/h2-5,10,13-14,17H,6-9H2,1H3,(H,18,19). The Morgan fingerprint density at radius 2 is 2.15 bits per heavy atom. The second-order valence-corrected chi connectivity index (χ2v) is 5.30. The van der Waals surface area contributed by atoms with Crippen molar-refractivity contribution in [1.29, 1.82) is 0 Å². The number of carboxylic acid groups (broad SMARTS) is 1. The molecule has 0 radical (unpaired) electrons. The molecule has 0 saturated carbocycles. The Kier molecular flexibility index (Phi) is 5.09.